The zero-order valence-corrected chi connectivity index (χ0v) is 11.4. The number of imidazole rings is 1. The van der Waals surface area contributed by atoms with Crippen LogP contribution in [0.3, 0.4) is 0 Å². The van der Waals surface area contributed by atoms with Crippen molar-refractivity contribution in [2.24, 2.45) is 0 Å². The van der Waals surface area contributed by atoms with Crippen molar-refractivity contribution in [1.82, 2.24) is 13.9 Å². The van der Waals surface area contributed by atoms with Crippen LogP contribution in [0.1, 0.15) is 5.82 Å². The van der Waals surface area contributed by atoms with Crippen molar-refractivity contribution in [3.8, 4) is 5.75 Å². The zero-order valence-electron chi connectivity index (χ0n) is 10.6. The van der Waals surface area contributed by atoms with Crippen LogP contribution in [0.5, 0.6) is 5.75 Å². The summed E-state index contributed by atoms with van der Waals surface area (Å²) in [6, 6.07) is 3.90. The molecule has 0 saturated carbocycles. The number of aromatic nitrogens is 2. The molecule has 0 saturated heterocycles. The van der Waals surface area contributed by atoms with E-state index < -0.39 is 10.0 Å². The lowest BCUT2D eigenvalue weighted by Crippen LogP contribution is -2.38. The van der Waals surface area contributed by atoms with Crippen LogP contribution in [-0.4, -0.2) is 33.9 Å². The summed E-state index contributed by atoms with van der Waals surface area (Å²) in [6.07, 6.45) is 3.49. The molecular weight excluding hydrogens is 280 g/mol. The Morgan fingerprint density at radius 1 is 1.30 bits per heavy atom. The molecule has 0 unspecified atom stereocenters. The molecule has 2 aromatic rings. The molecule has 0 amide bonds. The smallest absolute Gasteiger partial charge is 0.243 e. The van der Waals surface area contributed by atoms with Crippen molar-refractivity contribution in [3.63, 3.8) is 0 Å². The highest BCUT2D eigenvalue weighted by molar-refractivity contribution is 7.89. The number of fused-ring (bicyclic) bond motifs is 1. The quantitative estimate of drug-likeness (QED) is 0.615. The molecule has 106 valence electrons. The van der Waals surface area contributed by atoms with Gasteiger partial charge in [0, 0.05) is 25.5 Å². The molecular formula is C12H14N4O3S. The molecule has 3 N–H and O–H groups in total. The number of phenols is 1. The molecule has 0 fully saturated rings. The fraction of sp³-hybridized carbons (Fsp3) is 0.250. The van der Waals surface area contributed by atoms with Gasteiger partial charge in [0.2, 0.25) is 10.0 Å². The van der Waals surface area contributed by atoms with Gasteiger partial charge in [0.15, 0.2) is 0 Å². The number of hydrogen-bond donors (Lipinski definition) is 2. The van der Waals surface area contributed by atoms with Crippen molar-refractivity contribution in [2.75, 3.05) is 12.3 Å². The zero-order chi connectivity index (χ0) is 14.3. The van der Waals surface area contributed by atoms with E-state index in [1.54, 1.807) is 6.20 Å². The van der Waals surface area contributed by atoms with E-state index >= 15 is 0 Å². The van der Waals surface area contributed by atoms with Crippen LogP contribution >= 0.6 is 0 Å². The van der Waals surface area contributed by atoms with Crippen LogP contribution in [0.4, 0.5) is 5.69 Å². The third-order valence-corrected chi connectivity index (χ3v) is 5.19. The molecule has 7 nitrogen and oxygen atoms in total. The number of hydrogen-bond acceptors (Lipinski definition) is 5. The number of benzene rings is 1. The summed E-state index contributed by atoms with van der Waals surface area (Å²) in [5, 5.41) is 9.38. The lowest BCUT2D eigenvalue weighted by Gasteiger charge is -2.27. The summed E-state index contributed by atoms with van der Waals surface area (Å²) < 4.78 is 28.4. The second-order valence-electron chi connectivity index (χ2n) is 4.60. The van der Waals surface area contributed by atoms with Gasteiger partial charge in [0.1, 0.15) is 11.6 Å². The molecule has 2 heterocycles. The Morgan fingerprint density at radius 3 is 2.85 bits per heavy atom. The number of nitrogen functional groups attached to an aromatic ring is 1. The summed E-state index contributed by atoms with van der Waals surface area (Å²) in [6.45, 7) is 1.19. The van der Waals surface area contributed by atoms with Crippen molar-refractivity contribution < 1.29 is 13.5 Å². The summed E-state index contributed by atoms with van der Waals surface area (Å²) in [5.41, 5.74) is 5.60. The van der Waals surface area contributed by atoms with Gasteiger partial charge in [-0.05, 0) is 18.2 Å². The molecule has 8 heteroatoms. The van der Waals surface area contributed by atoms with Gasteiger partial charge in [0.05, 0.1) is 17.1 Å². The van der Waals surface area contributed by atoms with E-state index in [1.807, 2.05) is 10.8 Å². The van der Waals surface area contributed by atoms with E-state index in [2.05, 4.69) is 4.98 Å². The third kappa shape index (κ3) is 2.02. The average Bonchev–Trinajstić information content (AvgIpc) is 2.89. The van der Waals surface area contributed by atoms with Gasteiger partial charge in [-0.2, -0.15) is 4.31 Å². The Kier molecular flexibility index (Phi) is 2.91. The van der Waals surface area contributed by atoms with Gasteiger partial charge < -0.3 is 15.4 Å². The predicted molar refractivity (Wildman–Crippen MR) is 72.3 cm³/mol. The predicted octanol–water partition coefficient (Wildman–Crippen LogP) is 0.375. The Morgan fingerprint density at radius 2 is 2.10 bits per heavy atom. The lowest BCUT2D eigenvalue weighted by molar-refractivity contribution is 0.335. The van der Waals surface area contributed by atoms with E-state index in [-0.39, 0.29) is 22.9 Å². The number of sulfonamides is 1. The molecule has 1 aromatic heterocycles. The Labute approximate surface area is 116 Å². The molecule has 1 aliphatic rings. The monoisotopic (exact) mass is 294 g/mol. The van der Waals surface area contributed by atoms with Gasteiger partial charge >= 0.3 is 0 Å². The molecule has 0 bridgehead atoms. The highest BCUT2D eigenvalue weighted by Crippen LogP contribution is 2.26. The summed E-state index contributed by atoms with van der Waals surface area (Å²) in [5.74, 6) is 0.588. The van der Waals surface area contributed by atoms with Gasteiger partial charge in [-0.15, -0.1) is 0 Å². The van der Waals surface area contributed by atoms with E-state index in [9.17, 15) is 13.5 Å². The Bertz CT molecular complexity index is 754. The standard InChI is InChI=1S/C12H14N4O3S/c13-10-7-9(1-2-11(10)17)20(18,19)16-6-5-15-4-3-14-12(15)8-16/h1-4,7,17H,5-6,8,13H2. The van der Waals surface area contributed by atoms with E-state index in [0.717, 1.165) is 0 Å². The van der Waals surface area contributed by atoms with Crippen LogP contribution in [0.25, 0.3) is 0 Å². The Balaban J connectivity index is 1.95. The van der Waals surface area contributed by atoms with Crippen LogP contribution in [0.2, 0.25) is 0 Å². The summed E-state index contributed by atoms with van der Waals surface area (Å²) in [7, 11) is -3.63. The SMILES string of the molecule is Nc1cc(S(=O)(=O)N2CCn3ccnc3C2)ccc1O. The van der Waals surface area contributed by atoms with Crippen LogP contribution in [0, 0.1) is 0 Å². The molecule has 0 atom stereocenters. The maximum absolute atomic E-state index is 12.5. The van der Waals surface area contributed by atoms with E-state index in [4.69, 9.17) is 5.73 Å². The largest absolute Gasteiger partial charge is 0.506 e. The highest BCUT2D eigenvalue weighted by atomic mass is 32.2. The van der Waals surface area contributed by atoms with Crippen LogP contribution in [0.15, 0.2) is 35.5 Å². The fourth-order valence-corrected chi connectivity index (χ4v) is 3.62. The number of anilines is 1. The van der Waals surface area contributed by atoms with Gasteiger partial charge in [-0.3, -0.25) is 0 Å². The first-order valence-corrected chi connectivity index (χ1v) is 7.51. The van der Waals surface area contributed by atoms with Crippen molar-refractivity contribution >= 4 is 15.7 Å². The molecule has 0 spiro atoms. The number of nitrogens with zero attached hydrogens (tertiary/aromatic N) is 3. The van der Waals surface area contributed by atoms with Crippen molar-refractivity contribution in [1.29, 1.82) is 0 Å². The first kappa shape index (κ1) is 12.9. The lowest BCUT2D eigenvalue weighted by atomic mass is 10.3. The molecule has 0 radical (unpaired) electrons. The van der Waals surface area contributed by atoms with Crippen molar-refractivity contribution in [2.45, 2.75) is 18.0 Å². The third-order valence-electron chi connectivity index (χ3n) is 3.35. The second kappa shape index (κ2) is 4.50. The molecule has 1 aromatic carbocycles. The number of aromatic hydroxyl groups is 1. The minimum absolute atomic E-state index is 0.0459. The summed E-state index contributed by atoms with van der Waals surface area (Å²) in [4.78, 5) is 4.21. The Hall–Kier alpha value is -2.06. The van der Waals surface area contributed by atoms with Crippen molar-refractivity contribution in [3.05, 3.63) is 36.4 Å². The first-order chi connectivity index (χ1) is 9.48. The fourth-order valence-electron chi connectivity index (χ4n) is 2.20. The molecule has 1 aliphatic heterocycles. The second-order valence-corrected chi connectivity index (χ2v) is 6.53. The molecule has 0 aliphatic carbocycles. The maximum atomic E-state index is 12.5. The van der Waals surface area contributed by atoms with Crippen LogP contribution < -0.4 is 5.73 Å². The summed E-state index contributed by atoms with van der Waals surface area (Å²) >= 11 is 0. The highest BCUT2D eigenvalue weighted by Gasteiger charge is 2.29. The minimum Gasteiger partial charge on any atom is -0.506 e. The topological polar surface area (TPSA) is 101 Å². The maximum Gasteiger partial charge on any atom is 0.243 e. The average molecular weight is 294 g/mol. The van der Waals surface area contributed by atoms with E-state index in [0.29, 0.717) is 18.9 Å². The van der Waals surface area contributed by atoms with Gasteiger partial charge in [0.25, 0.3) is 0 Å². The molecule has 3 rings (SSSR count). The number of rotatable bonds is 2. The first-order valence-electron chi connectivity index (χ1n) is 6.07. The molecule has 20 heavy (non-hydrogen) atoms. The normalized spacial score (nSPS) is 16.0. The van der Waals surface area contributed by atoms with E-state index in [1.165, 1.54) is 22.5 Å². The van der Waals surface area contributed by atoms with Gasteiger partial charge in [-0.1, -0.05) is 0 Å². The minimum atomic E-state index is -3.63. The van der Waals surface area contributed by atoms with Gasteiger partial charge in [-0.25, -0.2) is 13.4 Å². The van der Waals surface area contributed by atoms with Crippen LogP contribution in [-0.2, 0) is 23.1 Å². The number of nitrogens with two attached hydrogens (primary N) is 1. The number of phenolic OH excluding ortho intramolecular Hbond substituents is 1.